The number of hydrogen-bond donors (Lipinski definition) is 3. The zero-order chi connectivity index (χ0) is 14.4. The minimum absolute atomic E-state index is 0.0494. The van der Waals surface area contributed by atoms with Gasteiger partial charge in [0.15, 0.2) is 0 Å². The standard InChI is InChI=1S/C14H18BrN3O2/c15-10-1-3-11(4-2-10)18-14(20)9-16-8-7-13(19)17-12-5-6-12/h1-4,12,16H,5-9H2,(H,17,19)(H,18,20). The van der Waals surface area contributed by atoms with Crippen LogP contribution in [-0.2, 0) is 9.59 Å². The minimum Gasteiger partial charge on any atom is -0.353 e. The van der Waals surface area contributed by atoms with Crippen LogP contribution >= 0.6 is 15.9 Å². The van der Waals surface area contributed by atoms with Crippen LogP contribution in [0, 0.1) is 0 Å². The van der Waals surface area contributed by atoms with Crippen molar-refractivity contribution >= 4 is 33.4 Å². The van der Waals surface area contributed by atoms with E-state index in [0.29, 0.717) is 19.0 Å². The minimum atomic E-state index is -0.116. The van der Waals surface area contributed by atoms with E-state index >= 15 is 0 Å². The van der Waals surface area contributed by atoms with Crippen LogP contribution in [0.4, 0.5) is 5.69 Å². The summed E-state index contributed by atoms with van der Waals surface area (Å²) in [4.78, 5) is 23.0. The maximum Gasteiger partial charge on any atom is 0.238 e. The van der Waals surface area contributed by atoms with Crippen LogP contribution in [0.3, 0.4) is 0 Å². The van der Waals surface area contributed by atoms with Gasteiger partial charge in [0.25, 0.3) is 0 Å². The molecule has 1 saturated carbocycles. The molecule has 108 valence electrons. The zero-order valence-electron chi connectivity index (χ0n) is 11.1. The Morgan fingerprint density at radius 1 is 1.15 bits per heavy atom. The van der Waals surface area contributed by atoms with E-state index in [9.17, 15) is 9.59 Å². The fourth-order valence-electron chi connectivity index (χ4n) is 1.67. The van der Waals surface area contributed by atoms with Crippen LogP contribution in [0.1, 0.15) is 19.3 Å². The van der Waals surface area contributed by atoms with Crippen molar-refractivity contribution < 1.29 is 9.59 Å². The molecule has 1 aliphatic rings. The van der Waals surface area contributed by atoms with Gasteiger partial charge in [-0.25, -0.2) is 0 Å². The number of hydrogen-bond acceptors (Lipinski definition) is 3. The van der Waals surface area contributed by atoms with E-state index in [1.165, 1.54) is 0 Å². The Morgan fingerprint density at radius 2 is 1.85 bits per heavy atom. The molecule has 20 heavy (non-hydrogen) atoms. The summed E-state index contributed by atoms with van der Waals surface area (Å²) in [5.41, 5.74) is 0.756. The molecular weight excluding hydrogens is 322 g/mol. The Hall–Kier alpha value is -1.40. The van der Waals surface area contributed by atoms with Gasteiger partial charge in [0.1, 0.15) is 0 Å². The van der Waals surface area contributed by atoms with Crippen LogP contribution in [-0.4, -0.2) is 30.9 Å². The van der Waals surface area contributed by atoms with Gasteiger partial charge in [0, 0.05) is 29.2 Å². The van der Waals surface area contributed by atoms with Crippen LogP contribution in [0.5, 0.6) is 0 Å². The molecule has 0 atom stereocenters. The van der Waals surface area contributed by atoms with Crippen molar-refractivity contribution in [2.24, 2.45) is 0 Å². The molecule has 6 heteroatoms. The van der Waals surface area contributed by atoms with Crippen molar-refractivity contribution in [2.45, 2.75) is 25.3 Å². The van der Waals surface area contributed by atoms with Gasteiger partial charge in [-0.2, -0.15) is 0 Å². The van der Waals surface area contributed by atoms with Crippen molar-refractivity contribution in [1.29, 1.82) is 0 Å². The summed E-state index contributed by atoms with van der Waals surface area (Å²) in [5, 5.41) is 8.64. The molecule has 1 aromatic rings. The number of nitrogens with one attached hydrogen (secondary N) is 3. The van der Waals surface area contributed by atoms with Crippen molar-refractivity contribution in [2.75, 3.05) is 18.4 Å². The molecule has 2 amide bonds. The monoisotopic (exact) mass is 339 g/mol. The topological polar surface area (TPSA) is 70.2 Å². The Bertz CT molecular complexity index is 472. The van der Waals surface area contributed by atoms with E-state index in [1.54, 1.807) is 0 Å². The second-order valence-electron chi connectivity index (χ2n) is 4.82. The molecule has 0 aliphatic heterocycles. The van der Waals surface area contributed by atoms with Gasteiger partial charge in [-0.3, -0.25) is 9.59 Å². The van der Waals surface area contributed by atoms with Gasteiger partial charge in [0.2, 0.25) is 11.8 Å². The average molecular weight is 340 g/mol. The first kappa shape index (κ1) is 15.0. The quantitative estimate of drug-likeness (QED) is 0.661. The molecule has 0 aromatic heterocycles. The summed E-state index contributed by atoms with van der Waals surface area (Å²) in [6.07, 6.45) is 2.59. The summed E-state index contributed by atoms with van der Waals surface area (Å²) in [7, 11) is 0. The number of carbonyl (C=O) groups is 2. The number of benzene rings is 1. The van der Waals surface area contributed by atoms with Gasteiger partial charge in [-0.1, -0.05) is 15.9 Å². The first-order valence-electron chi connectivity index (χ1n) is 6.69. The molecule has 0 unspecified atom stereocenters. The molecule has 1 aliphatic carbocycles. The van der Waals surface area contributed by atoms with E-state index in [1.807, 2.05) is 24.3 Å². The van der Waals surface area contributed by atoms with Crippen molar-refractivity contribution in [1.82, 2.24) is 10.6 Å². The fourth-order valence-corrected chi connectivity index (χ4v) is 1.93. The smallest absolute Gasteiger partial charge is 0.238 e. The Balaban J connectivity index is 1.57. The van der Waals surface area contributed by atoms with E-state index in [2.05, 4.69) is 31.9 Å². The maximum atomic E-state index is 11.6. The molecule has 2 rings (SSSR count). The molecule has 3 N–H and O–H groups in total. The Labute approximate surface area is 126 Å². The molecule has 0 spiro atoms. The molecule has 0 heterocycles. The first-order valence-corrected chi connectivity index (χ1v) is 7.48. The van der Waals surface area contributed by atoms with Crippen LogP contribution in [0.15, 0.2) is 28.7 Å². The van der Waals surface area contributed by atoms with E-state index in [4.69, 9.17) is 0 Å². The third-order valence-electron chi connectivity index (χ3n) is 2.88. The molecule has 1 aromatic carbocycles. The first-order chi connectivity index (χ1) is 9.63. The van der Waals surface area contributed by atoms with Gasteiger partial charge in [-0.15, -0.1) is 0 Å². The molecule has 1 fully saturated rings. The van der Waals surface area contributed by atoms with Crippen LogP contribution < -0.4 is 16.0 Å². The highest BCUT2D eigenvalue weighted by atomic mass is 79.9. The summed E-state index contributed by atoms with van der Waals surface area (Å²) < 4.78 is 0.968. The highest BCUT2D eigenvalue weighted by Crippen LogP contribution is 2.18. The van der Waals surface area contributed by atoms with E-state index in [-0.39, 0.29) is 18.4 Å². The van der Waals surface area contributed by atoms with Crippen LogP contribution in [0.25, 0.3) is 0 Å². The molecular formula is C14H18BrN3O2. The predicted octanol–water partition coefficient (Wildman–Crippen LogP) is 1.65. The average Bonchev–Trinajstić information content (AvgIpc) is 3.21. The number of anilines is 1. The predicted molar refractivity (Wildman–Crippen MR) is 81.4 cm³/mol. The molecule has 0 radical (unpaired) electrons. The Morgan fingerprint density at radius 3 is 2.50 bits per heavy atom. The van der Waals surface area contributed by atoms with Gasteiger partial charge in [0.05, 0.1) is 6.54 Å². The summed E-state index contributed by atoms with van der Waals surface area (Å²) in [6, 6.07) is 7.77. The SMILES string of the molecule is O=C(CNCCC(=O)NC1CC1)Nc1ccc(Br)cc1. The highest BCUT2D eigenvalue weighted by molar-refractivity contribution is 9.10. The number of amides is 2. The van der Waals surface area contributed by atoms with Crippen LogP contribution in [0.2, 0.25) is 0 Å². The second-order valence-corrected chi connectivity index (χ2v) is 5.74. The highest BCUT2D eigenvalue weighted by Gasteiger charge is 2.22. The number of carbonyl (C=O) groups excluding carboxylic acids is 2. The lowest BCUT2D eigenvalue weighted by Gasteiger charge is -2.07. The number of halogens is 1. The lowest BCUT2D eigenvalue weighted by atomic mass is 10.3. The molecule has 5 nitrogen and oxygen atoms in total. The van der Waals surface area contributed by atoms with E-state index in [0.717, 1.165) is 23.0 Å². The third-order valence-corrected chi connectivity index (χ3v) is 3.41. The fraction of sp³-hybridized carbons (Fsp3) is 0.429. The molecule has 0 bridgehead atoms. The lowest BCUT2D eigenvalue weighted by Crippen LogP contribution is -2.32. The van der Waals surface area contributed by atoms with Gasteiger partial charge in [-0.05, 0) is 37.1 Å². The summed E-state index contributed by atoms with van der Waals surface area (Å²) in [5.74, 6) is -0.0664. The van der Waals surface area contributed by atoms with Gasteiger partial charge >= 0.3 is 0 Å². The second kappa shape index (κ2) is 7.40. The van der Waals surface area contributed by atoms with E-state index < -0.39 is 0 Å². The summed E-state index contributed by atoms with van der Waals surface area (Å²) >= 11 is 3.33. The lowest BCUT2D eigenvalue weighted by molar-refractivity contribution is -0.121. The van der Waals surface area contributed by atoms with Crippen molar-refractivity contribution in [3.8, 4) is 0 Å². The van der Waals surface area contributed by atoms with Crippen molar-refractivity contribution in [3.63, 3.8) is 0 Å². The maximum absolute atomic E-state index is 11.6. The normalized spacial score (nSPS) is 13.8. The Kier molecular flexibility index (Phi) is 5.55. The zero-order valence-corrected chi connectivity index (χ0v) is 12.7. The van der Waals surface area contributed by atoms with Gasteiger partial charge < -0.3 is 16.0 Å². The summed E-state index contributed by atoms with van der Waals surface area (Å²) in [6.45, 7) is 0.707. The third kappa shape index (κ3) is 5.71. The largest absolute Gasteiger partial charge is 0.353 e. The number of rotatable bonds is 7. The molecule has 0 saturated heterocycles. The van der Waals surface area contributed by atoms with Crippen molar-refractivity contribution in [3.05, 3.63) is 28.7 Å².